The quantitative estimate of drug-likeness (QED) is 0.426. The van der Waals surface area contributed by atoms with Crippen LogP contribution in [0.2, 0.25) is 0 Å². The number of hydrogen-bond acceptors (Lipinski definition) is 8. The Morgan fingerprint density at radius 2 is 1.79 bits per heavy atom. The maximum Gasteiger partial charge on any atom is 0.344 e. The highest BCUT2D eigenvalue weighted by molar-refractivity contribution is 6.08. The third kappa shape index (κ3) is 4.34. The summed E-state index contributed by atoms with van der Waals surface area (Å²) in [5, 5.41) is 5.11. The van der Waals surface area contributed by atoms with E-state index in [9.17, 15) is 19.3 Å². The first kappa shape index (κ1) is 19.2. The van der Waals surface area contributed by atoms with E-state index in [1.165, 1.54) is 18.3 Å². The van der Waals surface area contributed by atoms with Crippen LogP contribution in [0.4, 0.5) is 5.69 Å². The van der Waals surface area contributed by atoms with Gasteiger partial charge in [0.05, 0.1) is 18.9 Å². The number of carbonyl (C=O) groups is 3. The van der Waals surface area contributed by atoms with Gasteiger partial charge in [-0.3, -0.25) is 9.78 Å². The van der Waals surface area contributed by atoms with E-state index in [-0.39, 0.29) is 24.6 Å². The number of carbonyl (C=O) groups excluding carboxylic acids is 3. The molecule has 0 atom stereocenters. The van der Waals surface area contributed by atoms with Crippen molar-refractivity contribution in [3.63, 3.8) is 0 Å². The zero-order valence-corrected chi connectivity index (χ0v) is 13.7. The van der Waals surface area contributed by atoms with Crippen LogP contribution in [0.1, 0.15) is 26.5 Å². The minimum atomic E-state index is -2.15. The topological polar surface area (TPSA) is 124 Å². The molecular weight excluding hydrogens is 318 g/mol. The smallest absolute Gasteiger partial charge is 0.344 e. The van der Waals surface area contributed by atoms with Gasteiger partial charge in [0.25, 0.3) is 0 Å². The first-order valence-electron chi connectivity index (χ1n) is 7.31. The van der Waals surface area contributed by atoms with Crippen LogP contribution in [0.25, 0.3) is 0 Å². The van der Waals surface area contributed by atoms with Crippen molar-refractivity contribution in [2.75, 3.05) is 13.2 Å². The molecule has 1 heterocycles. The maximum atomic E-state index is 12.4. The van der Waals surface area contributed by atoms with Gasteiger partial charge in [-0.1, -0.05) is 0 Å². The molecule has 0 aliphatic rings. The Hall–Kier alpha value is -2.84. The molecule has 0 aliphatic heterocycles. The van der Waals surface area contributed by atoms with Crippen molar-refractivity contribution < 1.29 is 23.9 Å². The molecule has 0 bridgehead atoms. The lowest BCUT2D eigenvalue weighted by molar-refractivity contribution is -0.168. The molecule has 9 nitrogen and oxygen atoms in total. The van der Waals surface area contributed by atoms with E-state index >= 15 is 0 Å². The van der Waals surface area contributed by atoms with Crippen molar-refractivity contribution >= 4 is 23.5 Å². The van der Waals surface area contributed by atoms with Crippen LogP contribution in [0, 0.1) is 4.91 Å². The second-order valence-corrected chi connectivity index (χ2v) is 4.76. The summed E-state index contributed by atoms with van der Waals surface area (Å²) in [6, 6.07) is 2.86. The molecule has 0 saturated carbocycles. The number of aromatic nitrogens is 1. The third-order valence-corrected chi connectivity index (χ3v) is 3.03. The second-order valence-electron chi connectivity index (χ2n) is 4.76. The predicted octanol–water partition coefficient (Wildman–Crippen LogP) is 1.02. The van der Waals surface area contributed by atoms with Crippen molar-refractivity contribution in [1.82, 2.24) is 10.3 Å². The zero-order chi connectivity index (χ0) is 18.2. The molecule has 1 aromatic heterocycles. The maximum absolute atomic E-state index is 12.4. The number of rotatable bonds is 8. The van der Waals surface area contributed by atoms with E-state index in [0.29, 0.717) is 0 Å². The molecule has 1 aromatic rings. The standard InChI is InChI=1S/C15H19N3O6/c1-4-23-13(20)15(17-10(3)19,14(21)24-5-2)9-12-11(18-22)7-6-8-16-12/h6-8H,4-5,9H2,1-3H3,(H,17,19). The van der Waals surface area contributed by atoms with Crippen LogP contribution in [-0.2, 0) is 30.3 Å². The minimum absolute atomic E-state index is 0.0133. The number of nitrogens with zero attached hydrogens (tertiary/aromatic N) is 2. The number of ether oxygens (including phenoxy) is 2. The molecule has 0 aromatic carbocycles. The van der Waals surface area contributed by atoms with Crippen LogP contribution in [-0.4, -0.2) is 41.6 Å². The molecule has 0 radical (unpaired) electrons. The average molecular weight is 337 g/mol. The SMILES string of the molecule is CCOC(=O)C(Cc1ncccc1N=O)(NC(C)=O)C(=O)OCC. The molecule has 1 rings (SSSR count). The molecule has 24 heavy (non-hydrogen) atoms. The van der Waals surface area contributed by atoms with E-state index in [1.54, 1.807) is 13.8 Å². The Bertz CT molecular complexity index is 613. The van der Waals surface area contributed by atoms with E-state index in [1.807, 2.05) is 0 Å². The Kier molecular flexibility index (Phi) is 6.97. The molecule has 0 spiro atoms. The van der Waals surface area contributed by atoms with Crippen LogP contribution >= 0.6 is 0 Å². The number of esters is 2. The van der Waals surface area contributed by atoms with E-state index < -0.39 is 29.8 Å². The van der Waals surface area contributed by atoms with Gasteiger partial charge in [0, 0.05) is 19.5 Å². The molecule has 1 amide bonds. The van der Waals surface area contributed by atoms with Gasteiger partial charge in [0.15, 0.2) is 0 Å². The van der Waals surface area contributed by atoms with Gasteiger partial charge >= 0.3 is 11.9 Å². The highest BCUT2D eigenvalue weighted by Gasteiger charge is 2.51. The predicted molar refractivity (Wildman–Crippen MR) is 83.2 cm³/mol. The number of pyridine rings is 1. The van der Waals surface area contributed by atoms with Crippen LogP contribution in [0.3, 0.4) is 0 Å². The zero-order valence-electron chi connectivity index (χ0n) is 13.7. The average Bonchev–Trinajstić information content (AvgIpc) is 2.54. The summed E-state index contributed by atoms with van der Waals surface area (Å²) < 4.78 is 9.86. The van der Waals surface area contributed by atoms with Crippen LogP contribution in [0.15, 0.2) is 23.5 Å². The monoisotopic (exact) mass is 337 g/mol. The second kappa shape index (κ2) is 8.70. The Balaban J connectivity index is 3.42. The van der Waals surface area contributed by atoms with Gasteiger partial charge in [-0.25, -0.2) is 9.59 Å². The summed E-state index contributed by atoms with van der Waals surface area (Å²) in [5.74, 6) is -2.64. The molecule has 130 valence electrons. The van der Waals surface area contributed by atoms with Crippen molar-refractivity contribution in [3.05, 3.63) is 28.9 Å². The minimum Gasteiger partial charge on any atom is -0.464 e. The van der Waals surface area contributed by atoms with Crippen molar-refractivity contribution in [2.24, 2.45) is 5.18 Å². The summed E-state index contributed by atoms with van der Waals surface area (Å²) in [6.07, 6.45) is 0.949. The van der Waals surface area contributed by atoms with E-state index in [2.05, 4.69) is 15.5 Å². The van der Waals surface area contributed by atoms with Crippen molar-refractivity contribution in [1.29, 1.82) is 0 Å². The number of nitrogens with one attached hydrogen (secondary N) is 1. The van der Waals surface area contributed by atoms with Gasteiger partial charge in [0.1, 0.15) is 5.69 Å². The molecule has 1 N–H and O–H groups in total. The number of nitroso groups, excluding NO2 is 1. The first-order chi connectivity index (χ1) is 11.4. The lowest BCUT2D eigenvalue weighted by atomic mass is 9.92. The summed E-state index contributed by atoms with van der Waals surface area (Å²) in [7, 11) is 0. The molecule has 0 unspecified atom stereocenters. The van der Waals surface area contributed by atoms with Gasteiger partial charge in [-0.05, 0) is 31.2 Å². The van der Waals surface area contributed by atoms with Gasteiger partial charge in [-0.15, -0.1) is 4.91 Å². The van der Waals surface area contributed by atoms with E-state index in [4.69, 9.17) is 9.47 Å². The highest BCUT2D eigenvalue weighted by Crippen LogP contribution is 2.24. The Labute approximate surface area is 138 Å². The summed E-state index contributed by atoms with van der Waals surface area (Å²) >= 11 is 0. The normalized spacial score (nSPS) is 10.6. The molecule has 0 fully saturated rings. The summed E-state index contributed by atoms with van der Waals surface area (Å²) in [5.41, 5.74) is -2.14. The Morgan fingerprint density at radius 3 is 2.25 bits per heavy atom. The van der Waals surface area contributed by atoms with Crippen molar-refractivity contribution in [3.8, 4) is 0 Å². The number of hydrogen-bond donors (Lipinski definition) is 1. The van der Waals surface area contributed by atoms with Crippen molar-refractivity contribution in [2.45, 2.75) is 32.7 Å². The molecule has 9 heteroatoms. The van der Waals surface area contributed by atoms with Crippen LogP contribution in [0.5, 0.6) is 0 Å². The largest absolute Gasteiger partial charge is 0.464 e. The molecule has 0 saturated heterocycles. The first-order valence-corrected chi connectivity index (χ1v) is 7.31. The lowest BCUT2D eigenvalue weighted by Gasteiger charge is -2.29. The fraction of sp³-hybridized carbons (Fsp3) is 0.467. The highest BCUT2D eigenvalue weighted by atomic mass is 16.6. The lowest BCUT2D eigenvalue weighted by Crippen LogP contribution is -2.62. The fourth-order valence-corrected chi connectivity index (χ4v) is 2.08. The van der Waals surface area contributed by atoms with Crippen LogP contribution < -0.4 is 5.32 Å². The van der Waals surface area contributed by atoms with Gasteiger partial charge in [-0.2, -0.15) is 0 Å². The Morgan fingerprint density at radius 1 is 1.21 bits per heavy atom. The third-order valence-electron chi connectivity index (χ3n) is 3.03. The molecular formula is C15H19N3O6. The van der Waals surface area contributed by atoms with E-state index in [0.717, 1.165) is 6.92 Å². The van der Waals surface area contributed by atoms with Gasteiger partial charge < -0.3 is 14.8 Å². The number of amides is 1. The summed E-state index contributed by atoms with van der Waals surface area (Å²) in [6.45, 7) is 4.23. The fourth-order valence-electron chi connectivity index (χ4n) is 2.08. The summed E-state index contributed by atoms with van der Waals surface area (Å²) in [4.78, 5) is 51.4. The van der Waals surface area contributed by atoms with Gasteiger partial charge in [0.2, 0.25) is 11.4 Å². The molecule has 0 aliphatic carbocycles.